The SMILES string of the molecule is Cc1nc(C#N)c(-n2cccn2)o1. The summed E-state index contributed by atoms with van der Waals surface area (Å²) in [6.45, 7) is 1.69. The van der Waals surface area contributed by atoms with Crippen molar-refractivity contribution >= 4 is 0 Å². The van der Waals surface area contributed by atoms with Gasteiger partial charge in [-0.15, -0.1) is 0 Å². The van der Waals surface area contributed by atoms with Crippen LogP contribution in [0.4, 0.5) is 0 Å². The molecular formula is C8H6N4O. The lowest BCUT2D eigenvalue weighted by Crippen LogP contribution is -1.94. The van der Waals surface area contributed by atoms with Crippen molar-refractivity contribution in [2.45, 2.75) is 6.92 Å². The molecule has 0 radical (unpaired) electrons. The lowest BCUT2D eigenvalue weighted by molar-refractivity contribution is 0.487. The van der Waals surface area contributed by atoms with Crippen LogP contribution in [-0.4, -0.2) is 14.8 Å². The van der Waals surface area contributed by atoms with Crippen LogP contribution in [0.15, 0.2) is 22.9 Å². The van der Waals surface area contributed by atoms with Gasteiger partial charge in [-0.25, -0.2) is 9.67 Å². The van der Waals surface area contributed by atoms with Crippen LogP contribution in [0.1, 0.15) is 11.6 Å². The highest BCUT2D eigenvalue weighted by molar-refractivity contribution is 5.35. The van der Waals surface area contributed by atoms with Crippen molar-refractivity contribution in [2.75, 3.05) is 0 Å². The van der Waals surface area contributed by atoms with E-state index >= 15 is 0 Å². The van der Waals surface area contributed by atoms with Gasteiger partial charge in [0.15, 0.2) is 5.89 Å². The molecule has 0 aliphatic carbocycles. The fourth-order valence-corrected chi connectivity index (χ4v) is 1.03. The molecule has 0 saturated carbocycles. The van der Waals surface area contributed by atoms with Gasteiger partial charge < -0.3 is 4.42 Å². The quantitative estimate of drug-likeness (QED) is 0.647. The molecule has 64 valence electrons. The Balaban J connectivity index is 2.59. The molecule has 0 spiro atoms. The van der Waals surface area contributed by atoms with Crippen molar-refractivity contribution in [3.05, 3.63) is 30.0 Å². The van der Waals surface area contributed by atoms with Crippen molar-refractivity contribution in [3.63, 3.8) is 0 Å². The van der Waals surface area contributed by atoms with Crippen LogP contribution in [0.2, 0.25) is 0 Å². The summed E-state index contributed by atoms with van der Waals surface area (Å²) in [6, 6.07) is 3.69. The maximum absolute atomic E-state index is 8.72. The van der Waals surface area contributed by atoms with Crippen LogP contribution in [0.25, 0.3) is 5.88 Å². The zero-order valence-electron chi connectivity index (χ0n) is 6.93. The Morgan fingerprint density at radius 3 is 3.08 bits per heavy atom. The Kier molecular flexibility index (Phi) is 1.60. The number of oxazole rings is 1. The molecule has 2 aromatic rings. The Morgan fingerprint density at radius 1 is 1.62 bits per heavy atom. The van der Waals surface area contributed by atoms with Gasteiger partial charge in [0.2, 0.25) is 5.69 Å². The zero-order valence-corrected chi connectivity index (χ0v) is 6.93. The first-order valence-electron chi connectivity index (χ1n) is 3.69. The van der Waals surface area contributed by atoms with E-state index < -0.39 is 0 Å². The van der Waals surface area contributed by atoms with Gasteiger partial charge >= 0.3 is 0 Å². The third-order valence-corrected chi connectivity index (χ3v) is 1.53. The number of nitrogens with zero attached hydrogens (tertiary/aromatic N) is 4. The average Bonchev–Trinajstić information content (AvgIpc) is 2.71. The summed E-state index contributed by atoms with van der Waals surface area (Å²) < 4.78 is 6.69. The van der Waals surface area contributed by atoms with Crippen LogP contribution in [-0.2, 0) is 0 Å². The fourth-order valence-electron chi connectivity index (χ4n) is 1.03. The lowest BCUT2D eigenvalue weighted by atomic mass is 10.5. The second-order valence-corrected chi connectivity index (χ2v) is 2.45. The smallest absolute Gasteiger partial charge is 0.259 e. The first-order valence-corrected chi connectivity index (χ1v) is 3.69. The van der Waals surface area contributed by atoms with Crippen molar-refractivity contribution in [1.29, 1.82) is 5.26 Å². The largest absolute Gasteiger partial charge is 0.422 e. The molecule has 2 aromatic heterocycles. The second kappa shape index (κ2) is 2.75. The average molecular weight is 174 g/mol. The van der Waals surface area contributed by atoms with Crippen molar-refractivity contribution in [1.82, 2.24) is 14.8 Å². The molecule has 5 nitrogen and oxygen atoms in total. The maximum Gasteiger partial charge on any atom is 0.259 e. The molecule has 0 N–H and O–H groups in total. The molecular weight excluding hydrogens is 168 g/mol. The Labute approximate surface area is 74.2 Å². The van der Waals surface area contributed by atoms with Crippen molar-refractivity contribution < 1.29 is 4.42 Å². The van der Waals surface area contributed by atoms with Gasteiger partial charge in [0.05, 0.1) is 0 Å². The third-order valence-electron chi connectivity index (χ3n) is 1.53. The van der Waals surface area contributed by atoms with Crippen LogP contribution < -0.4 is 0 Å². The molecule has 0 unspecified atom stereocenters. The minimum Gasteiger partial charge on any atom is -0.422 e. The topological polar surface area (TPSA) is 67.6 Å². The van der Waals surface area contributed by atoms with E-state index in [4.69, 9.17) is 9.68 Å². The summed E-state index contributed by atoms with van der Waals surface area (Å²) in [7, 11) is 0. The first-order chi connectivity index (χ1) is 6.31. The van der Waals surface area contributed by atoms with Crippen LogP contribution >= 0.6 is 0 Å². The van der Waals surface area contributed by atoms with Gasteiger partial charge in [0, 0.05) is 19.3 Å². The van der Waals surface area contributed by atoms with E-state index in [2.05, 4.69) is 10.1 Å². The third kappa shape index (κ3) is 1.18. The van der Waals surface area contributed by atoms with Crippen molar-refractivity contribution in [3.8, 4) is 12.0 Å². The maximum atomic E-state index is 8.72. The van der Waals surface area contributed by atoms with Crippen LogP contribution in [0, 0.1) is 18.3 Å². The summed E-state index contributed by atoms with van der Waals surface area (Å²) in [5, 5.41) is 12.7. The molecule has 2 heterocycles. The molecule has 0 fully saturated rings. The van der Waals surface area contributed by atoms with E-state index in [9.17, 15) is 0 Å². The number of hydrogen-bond acceptors (Lipinski definition) is 4. The highest BCUT2D eigenvalue weighted by Gasteiger charge is 2.11. The van der Waals surface area contributed by atoms with E-state index in [1.807, 2.05) is 6.07 Å². The molecule has 0 aliphatic rings. The number of rotatable bonds is 1. The first kappa shape index (κ1) is 7.55. The van der Waals surface area contributed by atoms with Gasteiger partial charge in [-0.2, -0.15) is 10.4 Å². The predicted octanol–water partition coefficient (Wildman–Crippen LogP) is 1.04. The van der Waals surface area contributed by atoms with Gasteiger partial charge in [0.1, 0.15) is 6.07 Å². The van der Waals surface area contributed by atoms with Crippen molar-refractivity contribution in [2.24, 2.45) is 0 Å². The molecule has 0 aromatic carbocycles. The normalized spacial score (nSPS) is 9.85. The Morgan fingerprint density at radius 2 is 2.46 bits per heavy atom. The number of hydrogen-bond donors (Lipinski definition) is 0. The van der Waals surface area contributed by atoms with E-state index in [0.29, 0.717) is 11.8 Å². The van der Waals surface area contributed by atoms with Crippen LogP contribution in [0.3, 0.4) is 0 Å². The zero-order chi connectivity index (χ0) is 9.26. The number of aromatic nitrogens is 3. The van der Waals surface area contributed by atoms with Gasteiger partial charge in [-0.3, -0.25) is 0 Å². The summed E-state index contributed by atoms with van der Waals surface area (Å²) in [6.07, 6.45) is 3.31. The second-order valence-electron chi connectivity index (χ2n) is 2.45. The summed E-state index contributed by atoms with van der Waals surface area (Å²) in [5.74, 6) is 0.826. The number of nitriles is 1. The van der Waals surface area contributed by atoms with Crippen LogP contribution in [0.5, 0.6) is 0 Å². The summed E-state index contributed by atoms with van der Waals surface area (Å²) in [4.78, 5) is 3.90. The number of aryl methyl sites for hydroxylation is 1. The lowest BCUT2D eigenvalue weighted by Gasteiger charge is -1.92. The molecule has 5 heteroatoms. The molecule has 2 rings (SSSR count). The minimum atomic E-state index is 0.251. The summed E-state index contributed by atoms with van der Waals surface area (Å²) >= 11 is 0. The van der Waals surface area contributed by atoms with Gasteiger partial charge in [0.25, 0.3) is 5.88 Å². The van der Waals surface area contributed by atoms with E-state index in [1.165, 1.54) is 4.68 Å². The highest BCUT2D eigenvalue weighted by Crippen LogP contribution is 2.13. The van der Waals surface area contributed by atoms with Gasteiger partial charge in [-0.1, -0.05) is 0 Å². The fraction of sp³-hybridized carbons (Fsp3) is 0.125. The summed E-state index contributed by atoms with van der Waals surface area (Å²) in [5.41, 5.74) is 0.251. The Bertz CT molecular complexity index is 449. The molecule has 0 saturated heterocycles. The molecule has 0 atom stereocenters. The predicted molar refractivity (Wildman–Crippen MR) is 43.1 cm³/mol. The standard InChI is InChI=1S/C8H6N4O/c1-6-11-7(5-9)8(13-6)12-4-2-3-10-12/h2-4H,1H3. The molecule has 0 bridgehead atoms. The highest BCUT2D eigenvalue weighted by atomic mass is 16.4. The Hall–Kier alpha value is -2.09. The monoisotopic (exact) mass is 174 g/mol. The van der Waals surface area contributed by atoms with E-state index in [1.54, 1.807) is 25.4 Å². The molecule has 0 aliphatic heterocycles. The van der Waals surface area contributed by atoms with E-state index in [0.717, 1.165) is 0 Å². The van der Waals surface area contributed by atoms with Gasteiger partial charge in [-0.05, 0) is 6.07 Å². The van der Waals surface area contributed by atoms with E-state index in [-0.39, 0.29) is 5.69 Å². The molecule has 13 heavy (non-hydrogen) atoms. The molecule has 0 amide bonds. The minimum absolute atomic E-state index is 0.251.